The predicted molar refractivity (Wildman–Crippen MR) is 74.7 cm³/mol. The lowest BCUT2D eigenvalue weighted by atomic mass is 9.74. The molecule has 3 nitrogen and oxygen atoms in total. The Balaban J connectivity index is 2.52. The number of rotatable bonds is 2. The third kappa shape index (κ3) is 2.11. The van der Waals surface area contributed by atoms with E-state index in [4.69, 9.17) is 4.98 Å². The Morgan fingerprint density at radius 1 is 1.28 bits per heavy atom. The van der Waals surface area contributed by atoms with E-state index in [1.165, 1.54) is 5.57 Å². The first-order chi connectivity index (χ1) is 8.34. The minimum Gasteiger partial charge on any atom is -0.249 e. The summed E-state index contributed by atoms with van der Waals surface area (Å²) in [5.74, 6) is 3.06. The molecule has 0 amide bonds. The summed E-state index contributed by atoms with van der Waals surface area (Å²) in [4.78, 5) is 4.83. The van der Waals surface area contributed by atoms with E-state index < -0.39 is 0 Å². The maximum atomic E-state index is 4.83. The molecule has 3 heteroatoms. The molecule has 2 heterocycles. The van der Waals surface area contributed by atoms with Gasteiger partial charge in [0.05, 0.1) is 0 Å². The number of aromatic nitrogens is 3. The van der Waals surface area contributed by atoms with Gasteiger partial charge in [0.25, 0.3) is 0 Å². The van der Waals surface area contributed by atoms with Gasteiger partial charge in [-0.05, 0) is 18.8 Å². The lowest BCUT2D eigenvalue weighted by Crippen LogP contribution is -2.31. The third-order valence-electron chi connectivity index (χ3n) is 4.28. The minimum absolute atomic E-state index is 0.0632. The van der Waals surface area contributed by atoms with Gasteiger partial charge in [-0.2, -0.15) is 5.10 Å². The van der Waals surface area contributed by atoms with Crippen LogP contribution in [0.15, 0.2) is 12.2 Å². The lowest BCUT2D eigenvalue weighted by molar-refractivity contribution is 0.311. The standard InChI is InChI=1S/C15H25N3/c1-10(2)13-16-14-15(6,11(3)4)9-12(5)7-8-18(14)17-13/h10-11H,5,7-9H2,1-4,6H3. The van der Waals surface area contributed by atoms with Crippen molar-refractivity contribution in [1.82, 2.24) is 14.8 Å². The molecule has 1 aliphatic heterocycles. The van der Waals surface area contributed by atoms with Gasteiger partial charge in [0.1, 0.15) is 5.82 Å². The zero-order valence-electron chi connectivity index (χ0n) is 12.3. The predicted octanol–water partition coefficient (Wildman–Crippen LogP) is 3.67. The Morgan fingerprint density at radius 3 is 2.50 bits per heavy atom. The topological polar surface area (TPSA) is 30.7 Å². The van der Waals surface area contributed by atoms with E-state index in [2.05, 4.69) is 51.0 Å². The van der Waals surface area contributed by atoms with Crippen LogP contribution < -0.4 is 0 Å². The van der Waals surface area contributed by atoms with Gasteiger partial charge >= 0.3 is 0 Å². The summed E-state index contributed by atoms with van der Waals surface area (Å²) >= 11 is 0. The van der Waals surface area contributed by atoms with Gasteiger partial charge in [-0.1, -0.05) is 46.8 Å². The fourth-order valence-electron chi connectivity index (χ4n) is 2.60. The van der Waals surface area contributed by atoms with Gasteiger partial charge in [0.15, 0.2) is 5.82 Å². The average molecular weight is 247 g/mol. The van der Waals surface area contributed by atoms with Crippen LogP contribution in [-0.2, 0) is 12.0 Å². The Kier molecular flexibility index (Phi) is 3.35. The van der Waals surface area contributed by atoms with Crippen LogP contribution in [0.3, 0.4) is 0 Å². The average Bonchev–Trinajstić information content (AvgIpc) is 2.66. The first kappa shape index (κ1) is 13.3. The van der Waals surface area contributed by atoms with Gasteiger partial charge in [-0.25, -0.2) is 9.67 Å². The molecule has 0 saturated heterocycles. The van der Waals surface area contributed by atoms with Gasteiger partial charge in [0, 0.05) is 17.9 Å². The molecule has 1 atom stereocenters. The second-order valence-corrected chi connectivity index (χ2v) is 6.42. The van der Waals surface area contributed by atoms with Crippen molar-refractivity contribution in [2.75, 3.05) is 0 Å². The highest BCUT2D eigenvalue weighted by Gasteiger charge is 2.38. The number of hydrogen-bond acceptors (Lipinski definition) is 2. The summed E-state index contributed by atoms with van der Waals surface area (Å²) in [7, 11) is 0. The van der Waals surface area contributed by atoms with E-state index in [1.807, 2.05) is 0 Å². The summed E-state index contributed by atoms with van der Waals surface area (Å²) in [6.07, 6.45) is 2.05. The van der Waals surface area contributed by atoms with Crippen LogP contribution in [0.25, 0.3) is 0 Å². The van der Waals surface area contributed by atoms with Gasteiger partial charge < -0.3 is 0 Å². The Hall–Kier alpha value is -1.12. The molecule has 1 aromatic heterocycles. The molecule has 0 radical (unpaired) electrons. The van der Waals surface area contributed by atoms with Gasteiger partial charge in [-0.15, -0.1) is 0 Å². The largest absolute Gasteiger partial charge is 0.249 e. The molecule has 0 N–H and O–H groups in total. The summed E-state index contributed by atoms with van der Waals surface area (Å²) in [6.45, 7) is 16.3. The quantitative estimate of drug-likeness (QED) is 0.747. The smallest absolute Gasteiger partial charge is 0.153 e. The maximum absolute atomic E-state index is 4.83. The summed E-state index contributed by atoms with van der Waals surface area (Å²) < 4.78 is 2.12. The molecule has 0 aliphatic carbocycles. The molecule has 1 aromatic rings. The van der Waals surface area contributed by atoms with Crippen LogP contribution in [0.4, 0.5) is 0 Å². The second kappa shape index (κ2) is 4.52. The van der Waals surface area contributed by atoms with Crippen LogP contribution in [0, 0.1) is 5.92 Å². The fourth-order valence-corrected chi connectivity index (χ4v) is 2.60. The van der Waals surface area contributed by atoms with Crippen LogP contribution in [0.2, 0.25) is 0 Å². The third-order valence-corrected chi connectivity index (χ3v) is 4.28. The SMILES string of the molecule is C=C1CCn2nc(C(C)C)nc2C(C)(C(C)C)C1. The second-order valence-electron chi connectivity index (χ2n) is 6.42. The van der Waals surface area contributed by atoms with Crippen LogP contribution >= 0.6 is 0 Å². The van der Waals surface area contributed by atoms with Crippen molar-refractivity contribution < 1.29 is 0 Å². The molecular weight excluding hydrogens is 222 g/mol. The monoisotopic (exact) mass is 247 g/mol. The van der Waals surface area contributed by atoms with Crippen molar-refractivity contribution in [3.63, 3.8) is 0 Å². The zero-order chi connectivity index (χ0) is 13.5. The van der Waals surface area contributed by atoms with E-state index in [1.54, 1.807) is 0 Å². The van der Waals surface area contributed by atoms with E-state index in [-0.39, 0.29) is 5.41 Å². The van der Waals surface area contributed by atoms with Crippen LogP contribution in [0.5, 0.6) is 0 Å². The van der Waals surface area contributed by atoms with Gasteiger partial charge in [-0.3, -0.25) is 0 Å². The lowest BCUT2D eigenvalue weighted by Gasteiger charge is -2.31. The number of fused-ring (bicyclic) bond motifs is 1. The molecule has 0 aromatic carbocycles. The minimum atomic E-state index is 0.0632. The normalized spacial score (nSPS) is 24.5. The van der Waals surface area contributed by atoms with E-state index in [0.717, 1.165) is 31.0 Å². The molecule has 0 spiro atoms. The Morgan fingerprint density at radius 2 is 1.94 bits per heavy atom. The van der Waals surface area contributed by atoms with Crippen molar-refractivity contribution in [2.24, 2.45) is 5.92 Å². The first-order valence-corrected chi connectivity index (χ1v) is 6.96. The molecule has 0 saturated carbocycles. The number of aryl methyl sites for hydroxylation is 1. The summed E-state index contributed by atoms with van der Waals surface area (Å²) in [6, 6.07) is 0. The number of hydrogen-bond donors (Lipinski definition) is 0. The van der Waals surface area contributed by atoms with E-state index >= 15 is 0 Å². The van der Waals surface area contributed by atoms with Crippen molar-refractivity contribution in [1.29, 1.82) is 0 Å². The Labute approximate surface area is 110 Å². The molecule has 0 fully saturated rings. The molecular formula is C15H25N3. The molecule has 1 unspecified atom stereocenters. The van der Waals surface area contributed by atoms with Crippen LogP contribution in [-0.4, -0.2) is 14.8 Å². The summed E-state index contributed by atoms with van der Waals surface area (Å²) in [5, 5.41) is 4.69. The van der Waals surface area contributed by atoms with E-state index in [0.29, 0.717) is 11.8 Å². The molecule has 100 valence electrons. The fraction of sp³-hybridized carbons (Fsp3) is 0.733. The Bertz CT molecular complexity index is 456. The number of allylic oxidation sites excluding steroid dienone is 1. The zero-order valence-corrected chi connectivity index (χ0v) is 12.3. The van der Waals surface area contributed by atoms with Crippen molar-refractivity contribution in [3.8, 4) is 0 Å². The highest BCUT2D eigenvalue weighted by Crippen LogP contribution is 2.39. The number of nitrogens with zero attached hydrogens (tertiary/aromatic N) is 3. The van der Waals surface area contributed by atoms with E-state index in [9.17, 15) is 0 Å². The van der Waals surface area contributed by atoms with Gasteiger partial charge in [0.2, 0.25) is 0 Å². The molecule has 1 aliphatic rings. The van der Waals surface area contributed by atoms with Crippen molar-refractivity contribution >= 4 is 0 Å². The van der Waals surface area contributed by atoms with Crippen LogP contribution in [0.1, 0.15) is 65.0 Å². The van der Waals surface area contributed by atoms with Crippen molar-refractivity contribution in [2.45, 2.75) is 65.3 Å². The highest BCUT2D eigenvalue weighted by atomic mass is 15.4. The highest BCUT2D eigenvalue weighted by molar-refractivity contribution is 5.18. The van der Waals surface area contributed by atoms with Crippen molar-refractivity contribution in [3.05, 3.63) is 23.8 Å². The molecule has 2 rings (SSSR count). The molecule has 18 heavy (non-hydrogen) atoms. The maximum Gasteiger partial charge on any atom is 0.153 e. The first-order valence-electron chi connectivity index (χ1n) is 6.96. The summed E-state index contributed by atoms with van der Waals surface area (Å²) in [5.41, 5.74) is 1.39. The molecule has 0 bridgehead atoms.